The van der Waals surface area contributed by atoms with Gasteiger partial charge in [0.2, 0.25) is 5.91 Å². The molecule has 18 heavy (non-hydrogen) atoms. The van der Waals surface area contributed by atoms with Crippen molar-refractivity contribution >= 4 is 17.9 Å². The van der Waals surface area contributed by atoms with Gasteiger partial charge in [0.25, 0.3) is 0 Å². The van der Waals surface area contributed by atoms with Crippen molar-refractivity contribution in [3.05, 3.63) is 29.3 Å². The summed E-state index contributed by atoms with van der Waals surface area (Å²) in [6, 6.07) is 5.44. The maximum atomic E-state index is 11.1. The summed E-state index contributed by atoms with van der Waals surface area (Å²) in [5, 5.41) is 0. The number of hydrogen-bond donors (Lipinski definition) is 1. The van der Waals surface area contributed by atoms with Crippen molar-refractivity contribution in [3.63, 3.8) is 0 Å². The highest BCUT2D eigenvalue weighted by Crippen LogP contribution is 2.21. The molecule has 0 heterocycles. The molecule has 4 heteroatoms. The van der Waals surface area contributed by atoms with Crippen molar-refractivity contribution < 1.29 is 9.59 Å². The van der Waals surface area contributed by atoms with Gasteiger partial charge in [-0.3, -0.25) is 9.59 Å². The van der Waals surface area contributed by atoms with Crippen LogP contribution >= 0.6 is 0 Å². The molecular formula is C14H20N2O2. The van der Waals surface area contributed by atoms with Gasteiger partial charge in [0, 0.05) is 17.8 Å². The fourth-order valence-corrected chi connectivity index (χ4v) is 1.98. The summed E-state index contributed by atoms with van der Waals surface area (Å²) in [4.78, 5) is 23.8. The maximum Gasteiger partial charge on any atom is 0.236 e. The lowest BCUT2D eigenvalue weighted by Gasteiger charge is -2.27. The minimum Gasteiger partial charge on any atom is -0.368 e. The normalized spacial score (nSPS) is 10.4. The topological polar surface area (TPSA) is 63.4 Å². The first-order valence-electron chi connectivity index (χ1n) is 6.03. The van der Waals surface area contributed by atoms with Crippen LogP contribution in [0.2, 0.25) is 0 Å². The Labute approximate surface area is 108 Å². The Kier molecular flexibility index (Phi) is 4.89. The van der Waals surface area contributed by atoms with Gasteiger partial charge < -0.3 is 10.6 Å². The highest BCUT2D eigenvalue weighted by Gasteiger charge is 2.13. The van der Waals surface area contributed by atoms with E-state index in [9.17, 15) is 9.59 Å². The number of rotatable bonds is 6. The van der Waals surface area contributed by atoms with Crippen LogP contribution in [0.4, 0.5) is 5.69 Å². The van der Waals surface area contributed by atoms with E-state index < -0.39 is 0 Å². The van der Waals surface area contributed by atoms with E-state index >= 15 is 0 Å². The predicted octanol–water partition coefficient (Wildman–Crippen LogP) is 1.76. The fourth-order valence-electron chi connectivity index (χ4n) is 1.98. The first-order valence-corrected chi connectivity index (χ1v) is 6.03. The zero-order valence-corrected chi connectivity index (χ0v) is 11.1. The minimum absolute atomic E-state index is 0.194. The summed E-state index contributed by atoms with van der Waals surface area (Å²) in [5.41, 5.74) is 7.84. The summed E-state index contributed by atoms with van der Waals surface area (Å²) < 4.78 is 0. The predicted molar refractivity (Wildman–Crippen MR) is 72.8 cm³/mol. The van der Waals surface area contributed by atoms with Crippen LogP contribution in [0, 0.1) is 12.8 Å². The van der Waals surface area contributed by atoms with Gasteiger partial charge in [-0.05, 0) is 36.6 Å². The summed E-state index contributed by atoms with van der Waals surface area (Å²) in [6.07, 6.45) is 0.817. The van der Waals surface area contributed by atoms with Gasteiger partial charge in [-0.15, -0.1) is 0 Å². The maximum absolute atomic E-state index is 11.1. The molecule has 1 amide bonds. The van der Waals surface area contributed by atoms with E-state index in [2.05, 4.69) is 13.8 Å². The van der Waals surface area contributed by atoms with Crippen molar-refractivity contribution in [2.45, 2.75) is 20.8 Å². The summed E-state index contributed by atoms with van der Waals surface area (Å²) in [7, 11) is 0. The molecule has 0 atom stereocenters. The molecule has 0 unspecified atom stereocenters. The van der Waals surface area contributed by atoms with Crippen molar-refractivity contribution in [3.8, 4) is 0 Å². The first-order chi connectivity index (χ1) is 8.43. The van der Waals surface area contributed by atoms with Crippen LogP contribution in [0.5, 0.6) is 0 Å². The van der Waals surface area contributed by atoms with Crippen molar-refractivity contribution in [1.82, 2.24) is 0 Å². The zero-order valence-electron chi connectivity index (χ0n) is 11.1. The van der Waals surface area contributed by atoms with E-state index in [0.717, 1.165) is 24.1 Å². The van der Waals surface area contributed by atoms with E-state index in [-0.39, 0.29) is 12.5 Å². The van der Waals surface area contributed by atoms with E-state index in [1.54, 1.807) is 6.07 Å². The van der Waals surface area contributed by atoms with Crippen molar-refractivity contribution in [1.29, 1.82) is 0 Å². The molecule has 1 aromatic rings. The van der Waals surface area contributed by atoms with Gasteiger partial charge in [0.05, 0.1) is 6.54 Å². The second-order valence-electron chi connectivity index (χ2n) is 4.90. The number of anilines is 1. The number of carbonyl (C=O) groups excluding carboxylic acids is 2. The number of aldehydes is 1. The number of primary amides is 1. The van der Waals surface area contributed by atoms with E-state index in [0.29, 0.717) is 11.5 Å². The number of carbonyl (C=O) groups is 2. The second kappa shape index (κ2) is 6.19. The van der Waals surface area contributed by atoms with Gasteiger partial charge >= 0.3 is 0 Å². The van der Waals surface area contributed by atoms with E-state index in [1.807, 2.05) is 24.0 Å². The molecule has 0 saturated heterocycles. The Morgan fingerprint density at radius 2 is 2.11 bits per heavy atom. The number of nitrogens with two attached hydrogens (primary N) is 1. The summed E-state index contributed by atoms with van der Waals surface area (Å²) in [6.45, 7) is 7.05. The van der Waals surface area contributed by atoms with Gasteiger partial charge in [-0.25, -0.2) is 0 Å². The molecule has 4 nitrogen and oxygen atoms in total. The van der Waals surface area contributed by atoms with Gasteiger partial charge in [-0.2, -0.15) is 0 Å². The average Bonchev–Trinajstić information content (AvgIpc) is 2.26. The number of benzene rings is 1. The Morgan fingerprint density at radius 3 is 2.56 bits per heavy atom. The third-order valence-electron chi connectivity index (χ3n) is 2.63. The van der Waals surface area contributed by atoms with Crippen LogP contribution in [-0.4, -0.2) is 25.3 Å². The Morgan fingerprint density at radius 1 is 1.44 bits per heavy atom. The van der Waals surface area contributed by atoms with Crippen molar-refractivity contribution in [2.75, 3.05) is 18.0 Å². The largest absolute Gasteiger partial charge is 0.368 e. The molecule has 0 aliphatic heterocycles. The first kappa shape index (κ1) is 14.2. The minimum atomic E-state index is -0.352. The molecule has 0 spiro atoms. The lowest BCUT2D eigenvalue weighted by atomic mass is 10.1. The highest BCUT2D eigenvalue weighted by atomic mass is 16.1. The standard InChI is InChI=1S/C14H20N2O2/c1-10(2)7-16(8-14(15)18)13-5-4-12(9-17)6-11(13)3/h4-6,9-10H,7-8H2,1-3H3,(H2,15,18). The van der Waals surface area contributed by atoms with E-state index in [1.165, 1.54) is 0 Å². The number of hydrogen-bond acceptors (Lipinski definition) is 3. The average molecular weight is 248 g/mol. The molecule has 0 radical (unpaired) electrons. The van der Waals surface area contributed by atoms with Crippen molar-refractivity contribution in [2.24, 2.45) is 11.7 Å². The third kappa shape index (κ3) is 3.87. The van der Waals surface area contributed by atoms with E-state index in [4.69, 9.17) is 5.73 Å². The van der Waals surface area contributed by atoms with Crippen LogP contribution in [0.1, 0.15) is 29.8 Å². The quantitative estimate of drug-likeness (QED) is 0.780. The third-order valence-corrected chi connectivity index (χ3v) is 2.63. The van der Waals surface area contributed by atoms with Crippen LogP contribution in [0.25, 0.3) is 0 Å². The molecule has 0 aliphatic rings. The molecule has 0 aliphatic carbocycles. The highest BCUT2D eigenvalue weighted by molar-refractivity contribution is 5.81. The lowest BCUT2D eigenvalue weighted by molar-refractivity contribution is -0.116. The number of aryl methyl sites for hydroxylation is 1. The van der Waals surface area contributed by atoms with Gasteiger partial charge in [0.15, 0.2) is 0 Å². The monoisotopic (exact) mass is 248 g/mol. The fraction of sp³-hybridized carbons (Fsp3) is 0.429. The van der Waals surface area contributed by atoms with Crippen LogP contribution < -0.4 is 10.6 Å². The molecule has 1 aromatic carbocycles. The molecule has 1 rings (SSSR count). The molecule has 0 saturated carbocycles. The smallest absolute Gasteiger partial charge is 0.236 e. The lowest BCUT2D eigenvalue weighted by Crippen LogP contribution is -2.36. The SMILES string of the molecule is Cc1cc(C=O)ccc1N(CC(N)=O)CC(C)C. The second-order valence-corrected chi connectivity index (χ2v) is 4.90. The molecule has 0 bridgehead atoms. The Bertz CT molecular complexity index is 441. The molecule has 2 N–H and O–H groups in total. The van der Waals surface area contributed by atoms with Crippen LogP contribution in [0.15, 0.2) is 18.2 Å². The zero-order chi connectivity index (χ0) is 13.7. The Balaban J connectivity index is 3.03. The molecule has 0 aromatic heterocycles. The summed E-state index contributed by atoms with van der Waals surface area (Å²) >= 11 is 0. The molecule has 98 valence electrons. The number of nitrogens with zero attached hydrogens (tertiary/aromatic N) is 1. The van der Waals surface area contributed by atoms with Gasteiger partial charge in [-0.1, -0.05) is 13.8 Å². The van der Waals surface area contributed by atoms with Crippen LogP contribution in [-0.2, 0) is 4.79 Å². The van der Waals surface area contributed by atoms with Gasteiger partial charge in [0.1, 0.15) is 6.29 Å². The molecule has 0 fully saturated rings. The van der Waals surface area contributed by atoms with Crippen LogP contribution in [0.3, 0.4) is 0 Å². The summed E-state index contributed by atoms with van der Waals surface area (Å²) in [5.74, 6) is 0.0732. The number of amides is 1. The Hall–Kier alpha value is -1.84. The molecular weight excluding hydrogens is 228 g/mol.